The second-order valence-electron chi connectivity index (χ2n) is 4.84. The van der Waals surface area contributed by atoms with Crippen LogP contribution in [0.4, 0.5) is 14.5 Å². The van der Waals surface area contributed by atoms with Crippen LogP contribution in [-0.4, -0.2) is 33.3 Å². The minimum Gasteiger partial charge on any atom is -0.367 e. The van der Waals surface area contributed by atoms with E-state index in [4.69, 9.17) is 5.73 Å². The Labute approximate surface area is 117 Å². The molecule has 0 aliphatic heterocycles. The van der Waals surface area contributed by atoms with Gasteiger partial charge in [-0.25, -0.2) is 8.42 Å². The Bertz CT molecular complexity index is 559. The van der Waals surface area contributed by atoms with E-state index in [9.17, 15) is 17.2 Å². The van der Waals surface area contributed by atoms with Gasteiger partial charge in [-0.05, 0) is 37.9 Å². The summed E-state index contributed by atoms with van der Waals surface area (Å²) in [6.45, 7) is 1.06. The first-order chi connectivity index (χ1) is 9.48. The van der Waals surface area contributed by atoms with Crippen molar-refractivity contribution in [2.45, 2.75) is 36.0 Å². The molecular weight excluding hydrogens is 286 g/mol. The van der Waals surface area contributed by atoms with Crippen molar-refractivity contribution in [3.8, 4) is 0 Å². The molecule has 7 heteroatoms. The molecule has 1 fully saturated rings. The summed E-state index contributed by atoms with van der Waals surface area (Å²) in [5.41, 5.74) is 5.85. The second-order valence-corrected chi connectivity index (χ2v) is 6.73. The van der Waals surface area contributed by atoms with E-state index in [0.717, 1.165) is 12.8 Å². The van der Waals surface area contributed by atoms with Crippen LogP contribution in [0.2, 0.25) is 0 Å². The molecule has 0 atom stereocenters. The lowest BCUT2D eigenvalue weighted by Gasteiger charge is -2.26. The molecule has 0 saturated heterocycles. The average Bonchev–Trinajstić information content (AvgIpc) is 3.24. The summed E-state index contributed by atoms with van der Waals surface area (Å²) < 4.78 is 49.1. The summed E-state index contributed by atoms with van der Waals surface area (Å²) in [4.78, 5) is 1.60. The van der Waals surface area contributed by atoms with Crippen molar-refractivity contribution in [3.63, 3.8) is 0 Å². The second kappa shape index (κ2) is 6.05. The van der Waals surface area contributed by atoms with E-state index >= 15 is 0 Å². The van der Waals surface area contributed by atoms with E-state index in [-0.39, 0.29) is 10.9 Å². The molecule has 0 radical (unpaired) electrons. The highest BCUT2D eigenvalue weighted by Gasteiger charge is 2.35. The van der Waals surface area contributed by atoms with E-state index in [2.05, 4.69) is 0 Å². The zero-order valence-corrected chi connectivity index (χ0v) is 11.8. The van der Waals surface area contributed by atoms with Crippen molar-refractivity contribution in [2.24, 2.45) is 5.73 Å². The molecular formula is C13H18F2N2O2S. The van der Waals surface area contributed by atoms with Gasteiger partial charge in [0.15, 0.2) is 0 Å². The number of nitrogens with zero attached hydrogens (tertiary/aromatic N) is 1. The maximum atomic E-state index is 12.8. The highest BCUT2D eigenvalue weighted by molar-refractivity contribution is 7.91. The lowest BCUT2D eigenvalue weighted by atomic mass is 10.2. The molecule has 1 saturated carbocycles. The Morgan fingerprint density at radius 1 is 1.30 bits per heavy atom. The summed E-state index contributed by atoms with van der Waals surface area (Å²) >= 11 is 0. The van der Waals surface area contributed by atoms with Crippen molar-refractivity contribution in [2.75, 3.05) is 18.0 Å². The van der Waals surface area contributed by atoms with Gasteiger partial charge < -0.3 is 10.6 Å². The molecule has 4 nitrogen and oxygen atoms in total. The van der Waals surface area contributed by atoms with E-state index in [0.29, 0.717) is 25.2 Å². The highest BCUT2D eigenvalue weighted by atomic mass is 32.2. The molecule has 1 aromatic rings. The van der Waals surface area contributed by atoms with Gasteiger partial charge in [0, 0.05) is 12.6 Å². The summed E-state index contributed by atoms with van der Waals surface area (Å²) in [7, 11) is -4.59. The molecule has 0 bridgehead atoms. The minimum absolute atomic E-state index is 0.232. The molecule has 2 N–H and O–H groups in total. The van der Waals surface area contributed by atoms with Crippen LogP contribution >= 0.6 is 0 Å². The van der Waals surface area contributed by atoms with Crippen LogP contribution in [0.1, 0.15) is 19.3 Å². The monoisotopic (exact) mass is 304 g/mol. The van der Waals surface area contributed by atoms with Crippen LogP contribution in [0, 0.1) is 0 Å². The van der Waals surface area contributed by atoms with Gasteiger partial charge in [0.2, 0.25) is 9.84 Å². The van der Waals surface area contributed by atoms with Crippen LogP contribution in [0.25, 0.3) is 0 Å². The summed E-state index contributed by atoms with van der Waals surface area (Å²) in [5.74, 6) is -3.40. The zero-order chi connectivity index (χ0) is 14.8. The normalized spacial score (nSPS) is 15.6. The third-order valence-corrected chi connectivity index (χ3v) is 4.73. The number of para-hydroxylation sites is 1. The zero-order valence-electron chi connectivity index (χ0n) is 11.0. The summed E-state index contributed by atoms with van der Waals surface area (Å²) in [5, 5.41) is 0. The van der Waals surface area contributed by atoms with Gasteiger partial charge in [0.25, 0.3) is 0 Å². The third kappa shape index (κ3) is 3.09. The fourth-order valence-electron chi connectivity index (χ4n) is 2.18. The number of sulfone groups is 1. The Hall–Kier alpha value is -1.21. The number of anilines is 1. The number of rotatable bonds is 7. The van der Waals surface area contributed by atoms with Gasteiger partial charge in [0.1, 0.15) is 0 Å². The first-order valence-electron chi connectivity index (χ1n) is 6.56. The lowest BCUT2D eigenvalue weighted by molar-refractivity contribution is 0.235. The summed E-state index contributed by atoms with van der Waals surface area (Å²) in [6.07, 6.45) is 2.60. The van der Waals surface area contributed by atoms with E-state index in [1.54, 1.807) is 12.1 Å². The van der Waals surface area contributed by atoms with Crippen LogP contribution in [0.3, 0.4) is 0 Å². The van der Waals surface area contributed by atoms with E-state index < -0.39 is 15.6 Å². The largest absolute Gasteiger partial charge is 0.367 e. The Kier molecular flexibility index (Phi) is 4.59. The number of hydrogen-bond donors (Lipinski definition) is 1. The number of alkyl halides is 2. The number of hydrogen-bond acceptors (Lipinski definition) is 4. The lowest BCUT2D eigenvalue weighted by Crippen LogP contribution is -2.30. The minimum atomic E-state index is -4.59. The molecule has 0 unspecified atom stereocenters. The SMILES string of the molecule is NCCCN(c1ccccc1S(=O)(=O)C(F)F)C1CC1. The average molecular weight is 304 g/mol. The van der Waals surface area contributed by atoms with Crippen molar-refractivity contribution in [1.82, 2.24) is 0 Å². The van der Waals surface area contributed by atoms with Crippen molar-refractivity contribution < 1.29 is 17.2 Å². The van der Waals surface area contributed by atoms with Crippen LogP contribution in [0.5, 0.6) is 0 Å². The molecule has 0 aromatic heterocycles. The summed E-state index contributed by atoms with van der Waals surface area (Å²) in [6, 6.07) is 6.19. The molecule has 1 aromatic carbocycles. The van der Waals surface area contributed by atoms with Crippen molar-refractivity contribution in [3.05, 3.63) is 24.3 Å². The first kappa shape index (κ1) is 15.2. The van der Waals surface area contributed by atoms with E-state index in [1.807, 2.05) is 4.90 Å². The number of nitrogens with two attached hydrogens (primary N) is 1. The maximum absolute atomic E-state index is 12.8. The molecule has 1 aliphatic rings. The molecule has 0 spiro atoms. The molecule has 2 rings (SSSR count). The molecule has 20 heavy (non-hydrogen) atoms. The fourth-order valence-corrected chi connectivity index (χ4v) is 3.12. The van der Waals surface area contributed by atoms with Crippen LogP contribution < -0.4 is 10.6 Å². The topological polar surface area (TPSA) is 63.4 Å². The van der Waals surface area contributed by atoms with Gasteiger partial charge in [-0.2, -0.15) is 8.78 Å². The maximum Gasteiger partial charge on any atom is 0.341 e. The van der Waals surface area contributed by atoms with Gasteiger partial charge >= 0.3 is 5.76 Å². The van der Waals surface area contributed by atoms with Gasteiger partial charge in [-0.3, -0.25) is 0 Å². The van der Waals surface area contributed by atoms with Crippen molar-refractivity contribution in [1.29, 1.82) is 0 Å². The molecule has 0 heterocycles. The molecule has 112 valence electrons. The van der Waals surface area contributed by atoms with Crippen molar-refractivity contribution >= 4 is 15.5 Å². The standard InChI is InChI=1S/C13H18F2N2O2S/c14-13(15)20(18,19)12-5-2-1-4-11(12)17(9-3-8-16)10-6-7-10/h1-2,4-5,10,13H,3,6-9,16H2. The van der Waals surface area contributed by atoms with Gasteiger partial charge in [-0.1, -0.05) is 12.1 Å². The Morgan fingerprint density at radius 2 is 1.95 bits per heavy atom. The Balaban J connectivity index is 2.40. The fraction of sp³-hybridized carbons (Fsp3) is 0.538. The first-order valence-corrected chi connectivity index (χ1v) is 8.11. The van der Waals surface area contributed by atoms with Crippen LogP contribution in [0.15, 0.2) is 29.2 Å². The van der Waals surface area contributed by atoms with Gasteiger partial charge in [0.05, 0.1) is 10.6 Å². The Morgan fingerprint density at radius 3 is 2.50 bits per heavy atom. The smallest absolute Gasteiger partial charge is 0.341 e. The van der Waals surface area contributed by atoms with Crippen LogP contribution in [-0.2, 0) is 9.84 Å². The quantitative estimate of drug-likeness (QED) is 0.837. The number of halogens is 2. The highest BCUT2D eigenvalue weighted by Crippen LogP contribution is 2.36. The molecule has 0 amide bonds. The number of benzene rings is 1. The predicted molar refractivity (Wildman–Crippen MR) is 73.7 cm³/mol. The third-order valence-electron chi connectivity index (χ3n) is 3.31. The predicted octanol–water partition coefficient (Wildman–Crippen LogP) is 2.00. The van der Waals surface area contributed by atoms with Gasteiger partial charge in [-0.15, -0.1) is 0 Å². The molecule has 1 aliphatic carbocycles. The van der Waals surface area contributed by atoms with E-state index in [1.165, 1.54) is 12.1 Å².